The van der Waals surface area contributed by atoms with Crippen molar-refractivity contribution >= 4 is 10.8 Å². The van der Waals surface area contributed by atoms with E-state index >= 15 is 0 Å². The molecule has 0 rings (SSSR count). The molecule has 4 heteroatoms. The standard InChI is InChI=1S/C7H17NO2S/c1-3-4-11(9)6-7(8)5-10-2/h7H,3-6,8H2,1-2H3. The number of nitrogens with two attached hydrogens (primary N) is 1. The molecule has 0 heterocycles. The van der Waals surface area contributed by atoms with E-state index in [4.69, 9.17) is 10.5 Å². The molecular formula is C7H17NO2S. The number of methoxy groups -OCH3 is 1. The topological polar surface area (TPSA) is 52.3 Å². The van der Waals surface area contributed by atoms with Crippen LogP contribution in [0.4, 0.5) is 0 Å². The summed E-state index contributed by atoms with van der Waals surface area (Å²) >= 11 is 0. The van der Waals surface area contributed by atoms with Gasteiger partial charge in [-0.15, -0.1) is 0 Å². The number of hydrogen-bond acceptors (Lipinski definition) is 3. The Bertz CT molecular complexity index is 119. The van der Waals surface area contributed by atoms with Gasteiger partial charge in [0.05, 0.1) is 6.61 Å². The molecule has 2 N–H and O–H groups in total. The van der Waals surface area contributed by atoms with Crippen LogP contribution in [0.1, 0.15) is 13.3 Å². The normalized spacial score (nSPS) is 16.3. The maximum atomic E-state index is 11.1. The van der Waals surface area contributed by atoms with E-state index in [1.165, 1.54) is 0 Å². The molecule has 0 aliphatic rings. The van der Waals surface area contributed by atoms with Gasteiger partial charge in [-0.05, 0) is 6.42 Å². The molecule has 0 aromatic heterocycles. The van der Waals surface area contributed by atoms with Crippen LogP contribution in [0.25, 0.3) is 0 Å². The van der Waals surface area contributed by atoms with Crippen molar-refractivity contribution in [3.8, 4) is 0 Å². The molecule has 0 spiro atoms. The average Bonchev–Trinajstić information content (AvgIpc) is 1.87. The molecule has 2 atom stereocenters. The minimum Gasteiger partial charge on any atom is -0.383 e. The summed E-state index contributed by atoms with van der Waals surface area (Å²) in [6, 6.07) is -0.0765. The van der Waals surface area contributed by atoms with Gasteiger partial charge in [-0.3, -0.25) is 4.21 Å². The van der Waals surface area contributed by atoms with Crippen LogP contribution in [0.2, 0.25) is 0 Å². The first-order chi connectivity index (χ1) is 5.20. The van der Waals surface area contributed by atoms with Crippen LogP contribution in [-0.2, 0) is 15.5 Å². The van der Waals surface area contributed by atoms with Crippen molar-refractivity contribution in [1.82, 2.24) is 0 Å². The monoisotopic (exact) mass is 179 g/mol. The summed E-state index contributed by atoms with van der Waals surface area (Å²) in [5, 5.41) is 0. The van der Waals surface area contributed by atoms with E-state index in [1.54, 1.807) is 7.11 Å². The predicted octanol–water partition coefficient (Wildman–Crippen LogP) is 0.119. The second-order valence-electron chi connectivity index (χ2n) is 2.53. The first kappa shape index (κ1) is 11.1. The molecule has 11 heavy (non-hydrogen) atoms. The fraction of sp³-hybridized carbons (Fsp3) is 1.00. The van der Waals surface area contributed by atoms with E-state index < -0.39 is 10.8 Å². The Kier molecular flexibility index (Phi) is 6.80. The Labute approximate surface area is 70.8 Å². The van der Waals surface area contributed by atoms with Gasteiger partial charge in [0.2, 0.25) is 0 Å². The van der Waals surface area contributed by atoms with Crippen molar-refractivity contribution in [3.05, 3.63) is 0 Å². The highest BCUT2D eigenvalue weighted by molar-refractivity contribution is 7.85. The van der Waals surface area contributed by atoms with E-state index in [0.29, 0.717) is 12.4 Å². The molecule has 0 aromatic carbocycles. The number of rotatable bonds is 6. The highest BCUT2D eigenvalue weighted by atomic mass is 32.2. The SMILES string of the molecule is CCCS(=O)CC(N)COC. The van der Waals surface area contributed by atoms with E-state index in [1.807, 2.05) is 6.92 Å². The van der Waals surface area contributed by atoms with Gasteiger partial charge >= 0.3 is 0 Å². The molecule has 2 unspecified atom stereocenters. The van der Waals surface area contributed by atoms with Gasteiger partial charge < -0.3 is 10.5 Å². The van der Waals surface area contributed by atoms with E-state index in [-0.39, 0.29) is 6.04 Å². The van der Waals surface area contributed by atoms with Gasteiger partial charge in [0.1, 0.15) is 0 Å². The molecule has 0 amide bonds. The lowest BCUT2D eigenvalue weighted by molar-refractivity contribution is 0.186. The molecule has 0 radical (unpaired) electrons. The summed E-state index contributed by atoms with van der Waals surface area (Å²) in [4.78, 5) is 0. The van der Waals surface area contributed by atoms with Gasteiger partial charge in [0.25, 0.3) is 0 Å². The Morgan fingerprint density at radius 3 is 2.73 bits per heavy atom. The average molecular weight is 179 g/mol. The molecule has 3 nitrogen and oxygen atoms in total. The largest absolute Gasteiger partial charge is 0.383 e. The van der Waals surface area contributed by atoms with Crippen LogP contribution < -0.4 is 5.73 Å². The number of ether oxygens (including phenoxy) is 1. The lowest BCUT2D eigenvalue weighted by Crippen LogP contribution is -2.32. The third kappa shape index (κ3) is 6.47. The van der Waals surface area contributed by atoms with E-state index in [9.17, 15) is 4.21 Å². The third-order valence-electron chi connectivity index (χ3n) is 1.21. The fourth-order valence-electron chi connectivity index (χ4n) is 0.812. The minimum atomic E-state index is -0.757. The van der Waals surface area contributed by atoms with E-state index in [2.05, 4.69) is 0 Å². The summed E-state index contributed by atoms with van der Waals surface area (Å²) < 4.78 is 15.9. The van der Waals surface area contributed by atoms with Gasteiger partial charge in [-0.1, -0.05) is 6.92 Å². The Hall–Kier alpha value is 0.0700. The van der Waals surface area contributed by atoms with Crippen molar-refractivity contribution in [3.63, 3.8) is 0 Å². The number of hydrogen-bond donors (Lipinski definition) is 1. The van der Waals surface area contributed by atoms with Crippen molar-refractivity contribution < 1.29 is 8.95 Å². The molecule has 0 aliphatic carbocycles. The third-order valence-corrected chi connectivity index (χ3v) is 2.88. The quantitative estimate of drug-likeness (QED) is 0.630. The Balaban J connectivity index is 3.40. The summed E-state index contributed by atoms with van der Waals surface area (Å²) in [6.45, 7) is 2.51. The Morgan fingerprint density at radius 2 is 2.27 bits per heavy atom. The molecular weight excluding hydrogens is 162 g/mol. The summed E-state index contributed by atoms with van der Waals surface area (Å²) in [7, 11) is 0.843. The lowest BCUT2D eigenvalue weighted by atomic mass is 10.4. The molecule has 0 fully saturated rings. The molecule has 68 valence electrons. The van der Waals surface area contributed by atoms with Gasteiger partial charge in [-0.25, -0.2) is 0 Å². The van der Waals surface area contributed by atoms with Gasteiger partial charge in [0, 0.05) is 35.5 Å². The van der Waals surface area contributed by atoms with Crippen LogP contribution >= 0.6 is 0 Å². The smallest absolute Gasteiger partial charge is 0.0622 e. The molecule has 0 bridgehead atoms. The van der Waals surface area contributed by atoms with Crippen molar-refractivity contribution in [1.29, 1.82) is 0 Å². The highest BCUT2D eigenvalue weighted by Gasteiger charge is 2.05. The molecule has 0 saturated heterocycles. The summed E-state index contributed by atoms with van der Waals surface area (Å²) in [6.07, 6.45) is 0.951. The highest BCUT2D eigenvalue weighted by Crippen LogP contribution is 1.90. The summed E-state index contributed by atoms with van der Waals surface area (Å²) in [5.74, 6) is 1.30. The van der Waals surface area contributed by atoms with Crippen LogP contribution in [0, 0.1) is 0 Å². The first-order valence-corrected chi connectivity index (χ1v) is 5.29. The van der Waals surface area contributed by atoms with Crippen molar-refractivity contribution in [2.45, 2.75) is 19.4 Å². The maximum absolute atomic E-state index is 11.1. The van der Waals surface area contributed by atoms with Crippen LogP contribution in [0.15, 0.2) is 0 Å². The van der Waals surface area contributed by atoms with Crippen LogP contribution in [-0.4, -0.2) is 35.5 Å². The lowest BCUT2D eigenvalue weighted by Gasteiger charge is -2.08. The molecule has 0 aromatic rings. The zero-order chi connectivity index (χ0) is 8.69. The second kappa shape index (κ2) is 6.76. The second-order valence-corrected chi connectivity index (χ2v) is 4.15. The van der Waals surface area contributed by atoms with Crippen LogP contribution in [0.3, 0.4) is 0 Å². The molecule has 0 aliphatic heterocycles. The molecule has 0 saturated carbocycles. The van der Waals surface area contributed by atoms with Gasteiger partial charge in [0.15, 0.2) is 0 Å². The first-order valence-electron chi connectivity index (χ1n) is 3.80. The predicted molar refractivity (Wildman–Crippen MR) is 48.0 cm³/mol. The van der Waals surface area contributed by atoms with Crippen molar-refractivity contribution in [2.24, 2.45) is 5.73 Å². The van der Waals surface area contributed by atoms with E-state index in [0.717, 1.165) is 12.2 Å². The minimum absolute atomic E-state index is 0.0765. The fourth-order valence-corrected chi connectivity index (χ4v) is 2.01. The Morgan fingerprint density at radius 1 is 1.64 bits per heavy atom. The van der Waals surface area contributed by atoms with Crippen molar-refractivity contribution in [2.75, 3.05) is 25.2 Å². The van der Waals surface area contributed by atoms with Crippen LogP contribution in [0.5, 0.6) is 0 Å². The zero-order valence-corrected chi connectivity index (χ0v) is 8.02. The zero-order valence-electron chi connectivity index (χ0n) is 7.21. The maximum Gasteiger partial charge on any atom is 0.0622 e. The summed E-state index contributed by atoms with van der Waals surface area (Å²) in [5.41, 5.74) is 5.60. The van der Waals surface area contributed by atoms with Gasteiger partial charge in [-0.2, -0.15) is 0 Å².